The predicted octanol–water partition coefficient (Wildman–Crippen LogP) is 1.34. The van der Waals surface area contributed by atoms with Crippen molar-refractivity contribution in [2.24, 2.45) is 0 Å². The first-order chi connectivity index (χ1) is 11.8. The van der Waals surface area contributed by atoms with Crippen molar-refractivity contribution in [3.8, 4) is 0 Å². The van der Waals surface area contributed by atoms with Gasteiger partial charge in [0.2, 0.25) is 26.0 Å². The second kappa shape index (κ2) is 6.87. The van der Waals surface area contributed by atoms with Gasteiger partial charge < -0.3 is 0 Å². The fourth-order valence-corrected chi connectivity index (χ4v) is 5.68. The van der Waals surface area contributed by atoms with Crippen molar-refractivity contribution in [3.63, 3.8) is 0 Å². The van der Waals surface area contributed by atoms with E-state index in [1.807, 2.05) is 17.5 Å². The molecule has 25 heavy (non-hydrogen) atoms. The van der Waals surface area contributed by atoms with Crippen LogP contribution in [0.1, 0.15) is 11.3 Å². The zero-order valence-electron chi connectivity index (χ0n) is 13.1. The third-order valence-corrected chi connectivity index (χ3v) is 7.81. The van der Waals surface area contributed by atoms with Crippen LogP contribution < -0.4 is 9.03 Å². The highest BCUT2D eigenvalue weighted by Gasteiger charge is 2.36. The maximum atomic E-state index is 12.3. The molecule has 2 aromatic rings. The lowest BCUT2D eigenvalue weighted by Crippen LogP contribution is -2.29. The number of nitrogens with zero attached hydrogens (tertiary/aromatic N) is 1. The molecule has 1 saturated heterocycles. The van der Waals surface area contributed by atoms with Crippen LogP contribution in [0.15, 0.2) is 46.7 Å². The molecular weight excluding hydrogens is 384 g/mol. The highest BCUT2D eigenvalue weighted by Crippen LogP contribution is 2.26. The molecule has 1 N–H and O–H groups in total. The number of rotatable bonds is 6. The van der Waals surface area contributed by atoms with Gasteiger partial charge in [-0.3, -0.25) is 4.79 Å². The van der Waals surface area contributed by atoms with E-state index in [-0.39, 0.29) is 29.3 Å². The van der Waals surface area contributed by atoms with Gasteiger partial charge in [-0.25, -0.2) is 25.9 Å². The van der Waals surface area contributed by atoms with E-state index in [9.17, 15) is 21.6 Å². The summed E-state index contributed by atoms with van der Waals surface area (Å²) in [4.78, 5) is 12.8. The molecule has 0 atom stereocenters. The van der Waals surface area contributed by atoms with Crippen LogP contribution in [0.25, 0.3) is 0 Å². The molecule has 1 aromatic carbocycles. The summed E-state index contributed by atoms with van der Waals surface area (Å²) in [5.74, 6) is -0.736. The van der Waals surface area contributed by atoms with Crippen LogP contribution in [-0.4, -0.2) is 35.0 Å². The van der Waals surface area contributed by atoms with E-state index in [1.54, 1.807) is 11.3 Å². The minimum atomic E-state index is -3.69. The molecule has 2 heterocycles. The summed E-state index contributed by atoms with van der Waals surface area (Å²) in [6.07, 6.45) is 0.530. The Bertz CT molecular complexity index is 965. The Balaban J connectivity index is 1.72. The number of nitrogens with one attached hydrogen (secondary N) is 1. The van der Waals surface area contributed by atoms with Crippen molar-refractivity contribution in [2.45, 2.75) is 17.7 Å². The van der Waals surface area contributed by atoms with E-state index >= 15 is 0 Å². The quantitative estimate of drug-likeness (QED) is 0.789. The van der Waals surface area contributed by atoms with Gasteiger partial charge in [0, 0.05) is 17.8 Å². The number of benzene rings is 1. The van der Waals surface area contributed by atoms with Gasteiger partial charge in [0.15, 0.2) is 0 Å². The Morgan fingerprint density at radius 1 is 1.16 bits per heavy atom. The van der Waals surface area contributed by atoms with Gasteiger partial charge in [0.1, 0.15) is 0 Å². The lowest BCUT2D eigenvalue weighted by Gasteiger charge is -2.15. The van der Waals surface area contributed by atoms with E-state index in [0.717, 1.165) is 9.18 Å². The Labute approximate surface area is 150 Å². The Morgan fingerprint density at radius 3 is 2.44 bits per heavy atom. The molecule has 0 saturated carbocycles. The maximum Gasteiger partial charge on any atom is 0.242 e. The molecule has 0 spiro atoms. The standard InChI is InChI=1S/C15H16N2O5S3/c18-15-8-11-24(19,20)17(15)12-3-5-14(6-4-12)25(21,22)16-9-7-13-2-1-10-23-13/h1-6,10,16H,7-9,11H2. The summed E-state index contributed by atoms with van der Waals surface area (Å²) < 4.78 is 51.6. The average molecular weight is 401 g/mol. The molecular formula is C15H16N2O5S3. The third kappa shape index (κ3) is 3.92. The van der Waals surface area contributed by atoms with Gasteiger partial charge in [0.25, 0.3) is 0 Å². The van der Waals surface area contributed by atoms with Crippen molar-refractivity contribution in [1.82, 2.24) is 4.72 Å². The summed E-state index contributed by atoms with van der Waals surface area (Å²) in [6.45, 7) is 0.267. The van der Waals surface area contributed by atoms with Crippen LogP contribution in [0.3, 0.4) is 0 Å². The molecule has 1 aliphatic heterocycles. The zero-order chi connectivity index (χ0) is 18.1. The number of anilines is 1. The SMILES string of the molecule is O=C1CCS(=O)(=O)N1c1ccc(S(=O)(=O)NCCc2cccs2)cc1. The van der Waals surface area contributed by atoms with E-state index in [4.69, 9.17) is 0 Å². The molecule has 1 aromatic heterocycles. The van der Waals surface area contributed by atoms with Crippen LogP contribution in [0.5, 0.6) is 0 Å². The van der Waals surface area contributed by atoms with E-state index in [0.29, 0.717) is 6.42 Å². The first-order valence-corrected chi connectivity index (χ1v) is 11.4. The molecule has 0 bridgehead atoms. The van der Waals surface area contributed by atoms with Crippen molar-refractivity contribution < 1.29 is 21.6 Å². The highest BCUT2D eigenvalue weighted by atomic mass is 32.2. The first kappa shape index (κ1) is 18.1. The topological polar surface area (TPSA) is 101 Å². The normalized spacial score (nSPS) is 17.1. The lowest BCUT2D eigenvalue weighted by atomic mass is 10.3. The minimum Gasteiger partial charge on any atom is -0.273 e. The summed E-state index contributed by atoms with van der Waals surface area (Å²) in [5, 5.41) is 1.93. The third-order valence-electron chi connectivity index (χ3n) is 3.70. The lowest BCUT2D eigenvalue weighted by molar-refractivity contribution is -0.116. The number of sulfonamides is 2. The number of hydrogen-bond donors (Lipinski definition) is 1. The number of carbonyl (C=O) groups excluding carboxylic acids is 1. The van der Waals surface area contributed by atoms with E-state index in [1.165, 1.54) is 24.3 Å². The van der Waals surface area contributed by atoms with Crippen LogP contribution in [0.2, 0.25) is 0 Å². The maximum absolute atomic E-state index is 12.3. The molecule has 1 fully saturated rings. The molecule has 134 valence electrons. The van der Waals surface area contributed by atoms with Crippen molar-refractivity contribution in [2.75, 3.05) is 16.6 Å². The predicted molar refractivity (Wildman–Crippen MR) is 95.5 cm³/mol. The van der Waals surface area contributed by atoms with Crippen molar-refractivity contribution in [3.05, 3.63) is 46.7 Å². The molecule has 0 unspecified atom stereocenters. The zero-order valence-corrected chi connectivity index (χ0v) is 15.5. The highest BCUT2D eigenvalue weighted by molar-refractivity contribution is 7.94. The molecule has 1 amide bonds. The average Bonchev–Trinajstić information content (AvgIpc) is 3.15. The first-order valence-electron chi connectivity index (χ1n) is 7.47. The van der Waals surface area contributed by atoms with Gasteiger partial charge >= 0.3 is 0 Å². The summed E-state index contributed by atoms with van der Waals surface area (Å²) in [6, 6.07) is 9.08. The molecule has 7 nitrogen and oxygen atoms in total. The Morgan fingerprint density at radius 2 is 1.88 bits per heavy atom. The second-order valence-electron chi connectivity index (χ2n) is 5.45. The number of amides is 1. The van der Waals surface area contributed by atoms with Gasteiger partial charge in [-0.2, -0.15) is 0 Å². The van der Waals surface area contributed by atoms with E-state index < -0.39 is 26.0 Å². The minimum absolute atomic E-state index is 0.0199. The van der Waals surface area contributed by atoms with Crippen LogP contribution >= 0.6 is 11.3 Å². The van der Waals surface area contributed by atoms with Gasteiger partial charge in [-0.15, -0.1) is 11.3 Å². The Hall–Kier alpha value is -1.75. The number of thiophene rings is 1. The second-order valence-corrected chi connectivity index (χ2v) is 10.2. The fraction of sp³-hybridized carbons (Fsp3) is 0.267. The molecule has 3 rings (SSSR count). The molecule has 10 heteroatoms. The van der Waals surface area contributed by atoms with E-state index in [2.05, 4.69) is 4.72 Å². The van der Waals surface area contributed by atoms with Crippen molar-refractivity contribution >= 4 is 43.0 Å². The van der Waals surface area contributed by atoms with Crippen molar-refractivity contribution in [1.29, 1.82) is 0 Å². The summed E-state index contributed by atoms with van der Waals surface area (Å²) in [7, 11) is -7.35. The van der Waals surface area contributed by atoms with Crippen LogP contribution in [-0.2, 0) is 31.3 Å². The molecule has 0 radical (unpaired) electrons. The van der Waals surface area contributed by atoms with Crippen LogP contribution in [0.4, 0.5) is 5.69 Å². The van der Waals surface area contributed by atoms with Gasteiger partial charge in [-0.1, -0.05) is 6.07 Å². The smallest absolute Gasteiger partial charge is 0.242 e. The van der Waals surface area contributed by atoms with Crippen LogP contribution in [0, 0.1) is 0 Å². The molecule has 0 aliphatic carbocycles. The largest absolute Gasteiger partial charge is 0.273 e. The Kier molecular flexibility index (Phi) is 4.96. The molecule has 1 aliphatic rings. The van der Waals surface area contributed by atoms with Gasteiger partial charge in [-0.05, 0) is 42.1 Å². The summed E-state index contributed by atoms with van der Waals surface area (Å²) >= 11 is 1.56. The number of hydrogen-bond acceptors (Lipinski definition) is 6. The van der Waals surface area contributed by atoms with Gasteiger partial charge in [0.05, 0.1) is 16.3 Å². The number of carbonyl (C=O) groups is 1. The fourth-order valence-electron chi connectivity index (χ4n) is 2.48. The monoisotopic (exact) mass is 400 g/mol. The summed E-state index contributed by atoms with van der Waals surface area (Å²) in [5.41, 5.74) is 0.153.